The van der Waals surface area contributed by atoms with Gasteiger partial charge in [0, 0.05) is 25.6 Å². The maximum atomic E-state index is 11.8. The van der Waals surface area contributed by atoms with Crippen molar-refractivity contribution in [2.24, 2.45) is 0 Å². The van der Waals surface area contributed by atoms with Crippen LogP contribution >= 0.6 is 0 Å². The Balaban J connectivity index is 1.53. The summed E-state index contributed by atoms with van der Waals surface area (Å²) in [5.74, 6) is 0.195. The monoisotopic (exact) mass is 278 g/mol. The molecule has 2 N–H and O–H groups in total. The molecule has 0 saturated heterocycles. The van der Waals surface area contributed by atoms with Crippen molar-refractivity contribution in [3.05, 3.63) is 11.6 Å². The standard InChI is InChI=1S/C17H30N2O/c20-17(14-15-8-4-3-5-9-15)19-13-12-18-16-10-6-1-2-7-11-16/h8,16,18H,1-7,9-14H2,(H,19,20). The molecule has 0 radical (unpaired) electrons. The molecule has 3 nitrogen and oxygen atoms in total. The van der Waals surface area contributed by atoms with Crippen molar-refractivity contribution in [2.45, 2.75) is 76.7 Å². The summed E-state index contributed by atoms with van der Waals surface area (Å²) in [5.41, 5.74) is 1.34. The zero-order valence-electron chi connectivity index (χ0n) is 12.8. The minimum Gasteiger partial charge on any atom is -0.355 e. The van der Waals surface area contributed by atoms with E-state index < -0.39 is 0 Å². The Morgan fingerprint density at radius 2 is 1.85 bits per heavy atom. The average molecular weight is 278 g/mol. The molecule has 1 saturated carbocycles. The lowest BCUT2D eigenvalue weighted by Gasteiger charge is -2.17. The SMILES string of the molecule is O=C(CC1=CCCCC1)NCCNC1CCCCCC1. The highest BCUT2D eigenvalue weighted by Gasteiger charge is 2.11. The molecule has 0 aromatic heterocycles. The molecule has 1 amide bonds. The normalized spacial score (nSPS) is 21.1. The van der Waals surface area contributed by atoms with Gasteiger partial charge in [0.2, 0.25) is 5.91 Å². The van der Waals surface area contributed by atoms with Crippen LogP contribution in [0.4, 0.5) is 0 Å². The summed E-state index contributed by atoms with van der Waals surface area (Å²) in [5, 5.41) is 6.63. The van der Waals surface area contributed by atoms with Gasteiger partial charge in [0.05, 0.1) is 0 Å². The molecule has 2 aliphatic carbocycles. The third-order valence-electron chi connectivity index (χ3n) is 4.51. The second-order valence-corrected chi connectivity index (χ2v) is 6.28. The molecular weight excluding hydrogens is 248 g/mol. The van der Waals surface area contributed by atoms with Crippen LogP contribution in [0.1, 0.15) is 70.6 Å². The van der Waals surface area contributed by atoms with E-state index in [-0.39, 0.29) is 5.91 Å². The molecule has 0 atom stereocenters. The van der Waals surface area contributed by atoms with Gasteiger partial charge in [0.15, 0.2) is 0 Å². The predicted octanol–water partition coefficient (Wildman–Crippen LogP) is 3.31. The zero-order valence-corrected chi connectivity index (χ0v) is 12.8. The number of carbonyl (C=O) groups excluding carboxylic acids is 1. The molecule has 0 bridgehead atoms. The van der Waals surface area contributed by atoms with Crippen LogP contribution in [-0.2, 0) is 4.79 Å². The van der Waals surface area contributed by atoms with Crippen LogP contribution in [0.15, 0.2) is 11.6 Å². The van der Waals surface area contributed by atoms with Crippen LogP contribution < -0.4 is 10.6 Å². The van der Waals surface area contributed by atoms with Gasteiger partial charge in [0.1, 0.15) is 0 Å². The molecule has 0 aliphatic heterocycles. The zero-order chi connectivity index (χ0) is 14.0. The van der Waals surface area contributed by atoms with Crippen molar-refractivity contribution < 1.29 is 4.79 Å². The number of hydrogen-bond acceptors (Lipinski definition) is 2. The van der Waals surface area contributed by atoms with E-state index in [1.165, 1.54) is 56.9 Å². The van der Waals surface area contributed by atoms with E-state index in [0.29, 0.717) is 12.5 Å². The Hall–Kier alpha value is -0.830. The summed E-state index contributed by atoms with van der Waals surface area (Å²) < 4.78 is 0. The van der Waals surface area contributed by atoms with Gasteiger partial charge in [-0.2, -0.15) is 0 Å². The van der Waals surface area contributed by atoms with Gasteiger partial charge in [-0.3, -0.25) is 4.79 Å². The molecule has 0 unspecified atom stereocenters. The van der Waals surface area contributed by atoms with E-state index in [0.717, 1.165) is 25.9 Å². The van der Waals surface area contributed by atoms with Gasteiger partial charge in [-0.05, 0) is 38.5 Å². The van der Waals surface area contributed by atoms with Crippen LogP contribution in [0.3, 0.4) is 0 Å². The molecule has 114 valence electrons. The Labute approximate surface area is 123 Å². The first-order valence-corrected chi connectivity index (χ1v) is 8.52. The highest BCUT2D eigenvalue weighted by molar-refractivity contribution is 5.78. The Kier molecular flexibility index (Phi) is 7.13. The van der Waals surface area contributed by atoms with Crippen LogP contribution in [0.2, 0.25) is 0 Å². The lowest BCUT2D eigenvalue weighted by Crippen LogP contribution is -2.36. The van der Waals surface area contributed by atoms with Crippen LogP contribution in [0.5, 0.6) is 0 Å². The number of amides is 1. The van der Waals surface area contributed by atoms with Gasteiger partial charge in [0.25, 0.3) is 0 Å². The van der Waals surface area contributed by atoms with Gasteiger partial charge >= 0.3 is 0 Å². The van der Waals surface area contributed by atoms with Crippen molar-refractivity contribution >= 4 is 5.91 Å². The quantitative estimate of drug-likeness (QED) is 0.444. The maximum Gasteiger partial charge on any atom is 0.224 e. The van der Waals surface area contributed by atoms with Gasteiger partial charge in [-0.25, -0.2) is 0 Å². The second kappa shape index (κ2) is 9.17. The lowest BCUT2D eigenvalue weighted by molar-refractivity contribution is -0.120. The van der Waals surface area contributed by atoms with Crippen LogP contribution in [0, 0.1) is 0 Å². The molecule has 2 aliphatic rings. The summed E-state index contributed by atoms with van der Waals surface area (Å²) in [7, 11) is 0. The van der Waals surface area contributed by atoms with Crippen LogP contribution in [0.25, 0.3) is 0 Å². The Morgan fingerprint density at radius 3 is 2.55 bits per heavy atom. The summed E-state index contributed by atoms with van der Waals surface area (Å²) in [4.78, 5) is 11.8. The van der Waals surface area contributed by atoms with Crippen molar-refractivity contribution in [3.63, 3.8) is 0 Å². The molecule has 0 aromatic carbocycles. The van der Waals surface area contributed by atoms with Crippen molar-refractivity contribution in [1.29, 1.82) is 0 Å². The summed E-state index contributed by atoms with van der Waals surface area (Å²) in [6.45, 7) is 1.68. The van der Waals surface area contributed by atoms with E-state index in [1.807, 2.05) is 0 Å². The number of nitrogens with one attached hydrogen (secondary N) is 2. The van der Waals surface area contributed by atoms with Gasteiger partial charge in [-0.15, -0.1) is 0 Å². The Bertz CT molecular complexity index is 317. The van der Waals surface area contributed by atoms with E-state index in [2.05, 4.69) is 16.7 Å². The molecule has 0 aromatic rings. The molecule has 2 rings (SSSR count). The van der Waals surface area contributed by atoms with Gasteiger partial charge in [-0.1, -0.05) is 37.3 Å². The molecule has 1 fully saturated rings. The molecule has 3 heteroatoms. The fourth-order valence-corrected chi connectivity index (χ4v) is 3.30. The maximum absolute atomic E-state index is 11.8. The summed E-state index contributed by atoms with van der Waals surface area (Å²) in [6.07, 6.45) is 15.8. The van der Waals surface area contributed by atoms with Crippen LogP contribution in [-0.4, -0.2) is 25.0 Å². The number of allylic oxidation sites excluding steroid dienone is 1. The first kappa shape index (κ1) is 15.6. The fourth-order valence-electron chi connectivity index (χ4n) is 3.30. The van der Waals surface area contributed by atoms with Crippen molar-refractivity contribution in [1.82, 2.24) is 10.6 Å². The van der Waals surface area contributed by atoms with E-state index in [9.17, 15) is 4.79 Å². The number of rotatable bonds is 6. The van der Waals surface area contributed by atoms with Crippen molar-refractivity contribution in [2.75, 3.05) is 13.1 Å². The average Bonchev–Trinajstić information content (AvgIpc) is 2.73. The minimum atomic E-state index is 0.195. The highest BCUT2D eigenvalue weighted by atomic mass is 16.1. The summed E-state index contributed by atoms with van der Waals surface area (Å²) in [6, 6.07) is 0.676. The topological polar surface area (TPSA) is 41.1 Å². The molecule has 0 spiro atoms. The van der Waals surface area contributed by atoms with Crippen molar-refractivity contribution in [3.8, 4) is 0 Å². The third-order valence-corrected chi connectivity index (χ3v) is 4.51. The van der Waals surface area contributed by atoms with E-state index in [1.54, 1.807) is 0 Å². The number of hydrogen-bond donors (Lipinski definition) is 2. The first-order valence-electron chi connectivity index (χ1n) is 8.52. The minimum absolute atomic E-state index is 0.195. The van der Waals surface area contributed by atoms with E-state index >= 15 is 0 Å². The summed E-state index contributed by atoms with van der Waals surface area (Å²) >= 11 is 0. The first-order chi connectivity index (χ1) is 9.84. The highest BCUT2D eigenvalue weighted by Crippen LogP contribution is 2.19. The van der Waals surface area contributed by atoms with E-state index in [4.69, 9.17) is 0 Å². The Morgan fingerprint density at radius 1 is 1.05 bits per heavy atom. The smallest absolute Gasteiger partial charge is 0.224 e. The fraction of sp³-hybridized carbons (Fsp3) is 0.824. The largest absolute Gasteiger partial charge is 0.355 e. The predicted molar refractivity (Wildman–Crippen MR) is 83.7 cm³/mol. The second-order valence-electron chi connectivity index (χ2n) is 6.28. The van der Waals surface area contributed by atoms with Gasteiger partial charge < -0.3 is 10.6 Å². The molecular formula is C17H30N2O. The lowest BCUT2D eigenvalue weighted by atomic mass is 9.97. The molecule has 20 heavy (non-hydrogen) atoms. The third kappa shape index (κ3) is 6.08. The molecule has 0 heterocycles. The number of carbonyl (C=O) groups is 1.